The fourth-order valence-corrected chi connectivity index (χ4v) is 4.26. The molecule has 8 nitrogen and oxygen atoms in total. The van der Waals surface area contributed by atoms with Crippen molar-refractivity contribution in [3.63, 3.8) is 0 Å². The summed E-state index contributed by atoms with van der Waals surface area (Å²) in [7, 11) is 1.52. The number of hydrogen-bond donors (Lipinski definition) is 1. The lowest BCUT2D eigenvalue weighted by Gasteiger charge is -2.28. The molecule has 1 fully saturated rings. The van der Waals surface area contributed by atoms with E-state index in [4.69, 9.17) is 4.74 Å². The molecule has 1 aliphatic heterocycles. The summed E-state index contributed by atoms with van der Waals surface area (Å²) >= 11 is 1.41. The summed E-state index contributed by atoms with van der Waals surface area (Å²) in [5.41, 5.74) is 3.22. The third-order valence-electron chi connectivity index (χ3n) is 5.16. The Kier molecular flexibility index (Phi) is 6.50. The first kappa shape index (κ1) is 22.2. The van der Waals surface area contributed by atoms with Gasteiger partial charge < -0.3 is 4.74 Å². The monoisotopic (exact) mass is 463 g/mol. The van der Waals surface area contributed by atoms with E-state index in [1.807, 2.05) is 17.5 Å². The van der Waals surface area contributed by atoms with Crippen LogP contribution in [0, 0.1) is 0 Å². The van der Waals surface area contributed by atoms with Gasteiger partial charge in [-0.2, -0.15) is 0 Å². The van der Waals surface area contributed by atoms with Gasteiger partial charge in [0.05, 0.1) is 25.6 Å². The van der Waals surface area contributed by atoms with E-state index in [1.54, 1.807) is 54.6 Å². The lowest BCUT2D eigenvalue weighted by atomic mass is 10.1. The number of amides is 4. The molecular weight excluding hydrogens is 442 g/mol. The molecule has 1 aromatic heterocycles. The minimum atomic E-state index is -1.17. The molecule has 2 heterocycles. The topological polar surface area (TPSA) is 96.0 Å². The van der Waals surface area contributed by atoms with Gasteiger partial charge in [0.25, 0.3) is 11.8 Å². The third-order valence-corrected chi connectivity index (χ3v) is 6.04. The SMILES string of the molecule is COc1ccc(N2C(=O)CC(N(NC(=O)Cc3cccs3)C(=O)c3ccccc3)C2=O)cc1. The van der Waals surface area contributed by atoms with E-state index in [0.29, 0.717) is 11.4 Å². The maximum Gasteiger partial charge on any atom is 0.273 e. The molecular formula is C24H21N3O5S. The molecule has 1 N–H and O–H groups in total. The third kappa shape index (κ3) is 4.78. The zero-order valence-corrected chi connectivity index (χ0v) is 18.6. The molecule has 0 aliphatic carbocycles. The van der Waals surface area contributed by atoms with Crippen LogP contribution in [0.25, 0.3) is 0 Å². The van der Waals surface area contributed by atoms with E-state index in [9.17, 15) is 19.2 Å². The van der Waals surface area contributed by atoms with Crippen molar-refractivity contribution < 1.29 is 23.9 Å². The molecule has 0 radical (unpaired) electrons. The van der Waals surface area contributed by atoms with E-state index in [-0.39, 0.29) is 18.4 Å². The summed E-state index contributed by atoms with van der Waals surface area (Å²) in [5.74, 6) is -1.50. The molecule has 4 amide bonds. The average Bonchev–Trinajstić information content (AvgIpc) is 3.45. The number of thiophene rings is 1. The van der Waals surface area contributed by atoms with Crippen LogP contribution < -0.4 is 15.1 Å². The normalized spacial score (nSPS) is 15.4. The molecule has 168 valence electrons. The van der Waals surface area contributed by atoms with Gasteiger partial charge in [-0.15, -0.1) is 11.3 Å². The number of imide groups is 1. The summed E-state index contributed by atoms with van der Waals surface area (Å²) in [6.45, 7) is 0. The number of hydrazine groups is 1. The largest absolute Gasteiger partial charge is 0.497 e. The highest BCUT2D eigenvalue weighted by Gasteiger charge is 2.45. The van der Waals surface area contributed by atoms with Crippen LogP contribution >= 0.6 is 11.3 Å². The predicted octanol–water partition coefficient (Wildman–Crippen LogP) is 2.80. The summed E-state index contributed by atoms with van der Waals surface area (Å²) in [6, 6.07) is 17.2. The van der Waals surface area contributed by atoms with E-state index in [0.717, 1.165) is 14.8 Å². The van der Waals surface area contributed by atoms with Crippen molar-refractivity contribution in [2.24, 2.45) is 0 Å². The first-order valence-electron chi connectivity index (χ1n) is 10.2. The van der Waals surface area contributed by atoms with Gasteiger partial charge in [-0.25, -0.2) is 9.91 Å². The highest BCUT2D eigenvalue weighted by molar-refractivity contribution is 7.10. The summed E-state index contributed by atoms with van der Waals surface area (Å²) in [4.78, 5) is 53.9. The van der Waals surface area contributed by atoms with Crippen LogP contribution in [-0.2, 0) is 20.8 Å². The van der Waals surface area contributed by atoms with Gasteiger partial charge in [0, 0.05) is 10.4 Å². The molecule has 2 aromatic carbocycles. The molecule has 1 saturated heterocycles. The number of benzene rings is 2. The fraction of sp³-hybridized carbons (Fsp3) is 0.167. The second-order valence-electron chi connectivity index (χ2n) is 7.32. The van der Waals surface area contributed by atoms with Crippen molar-refractivity contribution in [1.29, 1.82) is 0 Å². The molecule has 0 spiro atoms. The van der Waals surface area contributed by atoms with Gasteiger partial charge >= 0.3 is 0 Å². The van der Waals surface area contributed by atoms with Crippen LogP contribution in [0.1, 0.15) is 21.7 Å². The quantitative estimate of drug-likeness (QED) is 0.448. The Morgan fingerprint density at radius 1 is 1.06 bits per heavy atom. The maximum absolute atomic E-state index is 13.3. The van der Waals surface area contributed by atoms with E-state index < -0.39 is 29.7 Å². The lowest BCUT2D eigenvalue weighted by molar-refractivity contribution is -0.128. The maximum atomic E-state index is 13.3. The first-order chi connectivity index (χ1) is 16.0. The van der Waals surface area contributed by atoms with Gasteiger partial charge in [0.1, 0.15) is 11.8 Å². The van der Waals surface area contributed by atoms with Gasteiger partial charge in [-0.3, -0.25) is 24.6 Å². The highest BCUT2D eigenvalue weighted by Crippen LogP contribution is 2.27. The molecule has 4 rings (SSSR count). The highest BCUT2D eigenvalue weighted by atomic mass is 32.1. The summed E-state index contributed by atoms with van der Waals surface area (Å²) in [6.07, 6.45) is -0.198. The van der Waals surface area contributed by atoms with Gasteiger partial charge in [-0.1, -0.05) is 24.3 Å². The zero-order valence-electron chi connectivity index (χ0n) is 17.8. The van der Waals surface area contributed by atoms with Gasteiger partial charge in [0.15, 0.2) is 0 Å². The van der Waals surface area contributed by atoms with E-state index in [2.05, 4.69) is 5.43 Å². The molecule has 0 bridgehead atoms. The molecule has 9 heteroatoms. The standard InChI is InChI=1S/C24H21N3O5S/c1-32-18-11-9-17(10-12-18)26-22(29)15-20(24(26)31)27(23(30)16-6-3-2-4-7-16)25-21(28)14-19-8-5-13-33-19/h2-13,20H,14-15H2,1H3,(H,25,28). The Morgan fingerprint density at radius 3 is 2.42 bits per heavy atom. The lowest BCUT2D eigenvalue weighted by Crippen LogP contribution is -2.55. The molecule has 1 atom stereocenters. The first-order valence-corrected chi connectivity index (χ1v) is 11.1. The number of hydrogen-bond acceptors (Lipinski definition) is 6. The number of carbonyl (C=O) groups excluding carboxylic acids is 4. The van der Waals surface area contributed by atoms with Crippen molar-refractivity contribution in [1.82, 2.24) is 10.4 Å². The Balaban J connectivity index is 1.61. The van der Waals surface area contributed by atoms with Crippen molar-refractivity contribution in [2.75, 3.05) is 12.0 Å². The minimum Gasteiger partial charge on any atom is -0.497 e. The van der Waals surface area contributed by atoms with Crippen molar-refractivity contribution in [3.8, 4) is 5.75 Å². The Morgan fingerprint density at radius 2 is 1.79 bits per heavy atom. The van der Waals surface area contributed by atoms with Crippen molar-refractivity contribution in [3.05, 3.63) is 82.6 Å². The smallest absolute Gasteiger partial charge is 0.273 e. The Hall–Kier alpha value is -3.98. The van der Waals surface area contributed by atoms with E-state index in [1.165, 1.54) is 18.4 Å². The minimum absolute atomic E-state index is 0.0489. The number of methoxy groups -OCH3 is 1. The van der Waals surface area contributed by atoms with Gasteiger partial charge in [0.2, 0.25) is 11.8 Å². The van der Waals surface area contributed by atoms with Crippen LogP contribution in [0.3, 0.4) is 0 Å². The number of nitrogens with one attached hydrogen (secondary N) is 1. The predicted molar refractivity (Wildman–Crippen MR) is 123 cm³/mol. The fourth-order valence-electron chi connectivity index (χ4n) is 3.56. The zero-order chi connectivity index (χ0) is 23.4. The molecule has 3 aromatic rings. The van der Waals surface area contributed by atoms with Crippen LogP contribution in [0.15, 0.2) is 72.1 Å². The van der Waals surface area contributed by atoms with Crippen molar-refractivity contribution in [2.45, 2.75) is 18.9 Å². The molecule has 33 heavy (non-hydrogen) atoms. The average molecular weight is 464 g/mol. The number of anilines is 1. The van der Waals surface area contributed by atoms with Crippen molar-refractivity contribution >= 4 is 40.7 Å². The van der Waals surface area contributed by atoms with Crippen LogP contribution in [0.5, 0.6) is 5.75 Å². The molecule has 1 aliphatic rings. The summed E-state index contributed by atoms with van der Waals surface area (Å²) < 4.78 is 5.12. The number of carbonyl (C=O) groups is 4. The summed E-state index contributed by atoms with van der Waals surface area (Å²) in [5, 5.41) is 2.83. The molecule has 0 saturated carbocycles. The second-order valence-corrected chi connectivity index (χ2v) is 8.35. The Bertz CT molecular complexity index is 1160. The van der Waals surface area contributed by atoms with Crippen LogP contribution in [0.2, 0.25) is 0 Å². The number of nitrogens with zero attached hydrogens (tertiary/aromatic N) is 2. The van der Waals surface area contributed by atoms with Crippen LogP contribution in [-0.4, -0.2) is 41.8 Å². The van der Waals surface area contributed by atoms with Crippen LogP contribution in [0.4, 0.5) is 5.69 Å². The van der Waals surface area contributed by atoms with E-state index >= 15 is 0 Å². The molecule has 1 unspecified atom stereocenters. The van der Waals surface area contributed by atoms with Gasteiger partial charge in [-0.05, 0) is 47.8 Å². The number of ether oxygens (including phenoxy) is 1. The second kappa shape index (κ2) is 9.66. The Labute approximate surface area is 194 Å². The number of rotatable bonds is 6.